The molecule has 4 aromatic rings. The maximum Gasteiger partial charge on any atom is 0.264 e. The fourth-order valence-corrected chi connectivity index (χ4v) is 5.35. The van der Waals surface area contributed by atoms with E-state index in [1.165, 1.54) is 4.31 Å². The lowest BCUT2D eigenvalue weighted by Crippen LogP contribution is -2.41. The van der Waals surface area contributed by atoms with Gasteiger partial charge in [-0.2, -0.15) is 0 Å². The van der Waals surface area contributed by atoms with Crippen LogP contribution in [0.1, 0.15) is 16.7 Å². The zero-order chi connectivity index (χ0) is 23.4. The highest BCUT2D eigenvalue weighted by molar-refractivity contribution is 7.92. The summed E-state index contributed by atoms with van der Waals surface area (Å²) in [4.78, 5) is 13.1. The first-order chi connectivity index (χ1) is 15.9. The molecule has 5 nitrogen and oxygen atoms in total. The van der Waals surface area contributed by atoms with Crippen molar-refractivity contribution in [3.05, 3.63) is 108 Å². The van der Waals surface area contributed by atoms with E-state index in [0.29, 0.717) is 12.2 Å². The highest BCUT2D eigenvalue weighted by atomic mass is 32.2. The number of amides is 1. The van der Waals surface area contributed by atoms with Gasteiger partial charge in [-0.3, -0.25) is 9.10 Å². The van der Waals surface area contributed by atoms with Gasteiger partial charge in [0.25, 0.3) is 10.0 Å². The SMILES string of the molecule is Cc1cccc(N(CC(=O)NCc2cccc3ccccc23)S(=O)(=O)c2ccccc2)c1C. The molecule has 0 aliphatic rings. The largest absolute Gasteiger partial charge is 0.350 e. The highest BCUT2D eigenvalue weighted by Crippen LogP contribution is 2.28. The van der Waals surface area contributed by atoms with Crippen LogP contribution < -0.4 is 9.62 Å². The molecule has 0 fully saturated rings. The van der Waals surface area contributed by atoms with Gasteiger partial charge in [-0.1, -0.05) is 72.8 Å². The summed E-state index contributed by atoms with van der Waals surface area (Å²) in [6.45, 7) is 3.79. The summed E-state index contributed by atoms with van der Waals surface area (Å²) in [5, 5.41) is 5.05. The first kappa shape index (κ1) is 22.6. The molecule has 0 unspecified atom stereocenters. The Hall–Kier alpha value is -3.64. The smallest absolute Gasteiger partial charge is 0.264 e. The minimum absolute atomic E-state index is 0.146. The summed E-state index contributed by atoms with van der Waals surface area (Å²) < 4.78 is 28.3. The number of nitrogens with zero attached hydrogens (tertiary/aromatic N) is 1. The number of nitrogens with one attached hydrogen (secondary N) is 1. The molecular weight excluding hydrogens is 432 g/mol. The summed E-state index contributed by atoms with van der Waals surface area (Å²) in [6.07, 6.45) is 0. The normalized spacial score (nSPS) is 11.3. The second-order valence-corrected chi connectivity index (χ2v) is 9.82. The number of carbonyl (C=O) groups is 1. The molecule has 0 radical (unpaired) electrons. The second-order valence-electron chi connectivity index (χ2n) is 7.96. The third-order valence-corrected chi connectivity index (χ3v) is 7.59. The molecule has 4 rings (SSSR count). The van der Waals surface area contributed by atoms with Crippen molar-refractivity contribution in [1.29, 1.82) is 0 Å². The van der Waals surface area contributed by atoms with Crippen LogP contribution in [0.5, 0.6) is 0 Å². The lowest BCUT2D eigenvalue weighted by Gasteiger charge is -2.26. The summed E-state index contributed by atoms with van der Waals surface area (Å²) in [5.74, 6) is -0.372. The molecule has 1 N–H and O–H groups in total. The van der Waals surface area contributed by atoms with Crippen LogP contribution in [0.2, 0.25) is 0 Å². The van der Waals surface area contributed by atoms with Crippen molar-refractivity contribution < 1.29 is 13.2 Å². The van der Waals surface area contributed by atoms with E-state index in [0.717, 1.165) is 27.5 Å². The van der Waals surface area contributed by atoms with Gasteiger partial charge in [0.1, 0.15) is 6.54 Å². The number of carbonyl (C=O) groups excluding carboxylic acids is 1. The summed E-state index contributed by atoms with van der Waals surface area (Å²) in [6, 6.07) is 27.6. The number of fused-ring (bicyclic) bond motifs is 1. The van der Waals surface area contributed by atoms with Crippen molar-refractivity contribution in [3.63, 3.8) is 0 Å². The minimum atomic E-state index is -3.93. The number of anilines is 1. The van der Waals surface area contributed by atoms with E-state index >= 15 is 0 Å². The molecule has 0 aromatic heterocycles. The van der Waals surface area contributed by atoms with Gasteiger partial charge in [-0.15, -0.1) is 0 Å². The number of rotatable bonds is 7. The van der Waals surface area contributed by atoms with Crippen molar-refractivity contribution in [3.8, 4) is 0 Å². The van der Waals surface area contributed by atoms with Gasteiger partial charge in [-0.05, 0) is 59.5 Å². The van der Waals surface area contributed by atoms with E-state index in [9.17, 15) is 13.2 Å². The molecule has 168 valence electrons. The fourth-order valence-electron chi connectivity index (χ4n) is 3.85. The van der Waals surface area contributed by atoms with E-state index in [2.05, 4.69) is 5.32 Å². The first-order valence-electron chi connectivity index (χ1n) is 10.8. The van der Waals surface area contributed by atoms with E-state index < -0.39 is 10.0 Å². The zero-order valence-electron chi connectivity index (χ0n) is 18.7. The van der Waals surface area contributed by atoms with Crippen LogP contribution in [-0.2, 0) is 21.4 Å². The van der Waals surface area contributed by atoms with Crippen LogP contribution >= 0.6 is 0 Å². The fraction of sp³-hybridized carbons (Fsp3) is 0.148. The van der Waals surface area contributed by atoms with Crippen LogP contribution in [0.4, 0.5) is 5.69 Å². The minimum Gasteiger partial charge on any atom is -0.350 e. The van der Waals surface area contributed by atoms with Crippen LogP contribution in [-0.4, -0.2) is 20.9 Å². The van der Waals surface area contributed by atoms with E-state index in [1.54, 1.807) is 42.5 Å². The third-order valence-electron chi connectivity index (χ3n) is 5.82. The molecule has 4 aromatic carbocycles. The van der Waals surface area contributed by atoms with Gasteiger partial charge in [0.2, 0.25) is 5.91 Å². The lowest BCUT2D eigenvalue weighted by atomic mass is 10.0. The van der Waals surface area contributed by atoms with Gasteiger partial charge in [0.05, 0.1) is 10.6 Å². The predicted molar refractivity (Wildman–Crippen MR) is 133 cm³/mol. The molecule has 0 aliphatic heterocycles. The van der Waals surface area contributed by atoms with E-state index in [4.69, 9.17) is 0 Å². The highest BCUT2D eigenvalue weighted by Gasteiger charge is 2.28. The lowest BCUT2D eigenvalue weighted by molar-refractivity contribution is -0.119. The molecule has 1 amide bonds. The van der Waals surface area contributed by atoms with E-state index in [1.807, 2.05) is 62.4 Å². The van der Waals surface area contributed by atoms with Crippen LogP contribution in [0, 0.1) is 13.8 Å². The molecule has 0 aliphatic carbocycles. The van der Waals surface area contributed by atoms with Gasteiger partial charge >= 0.3 is 0 Å². The summed E-state index contributed by atoms with van der Waals surface area (Å²) in [5.41, 5.74) is 3.25. The van der Waals surface area contributed by atoms with Crippen LogP contribution in [0.25, 0.3) is 10.8 Å². The van der Waals surface area contributed by atoms with Crippen LogP contribution in [0.3, 0.4) is 0 Å². The standard InChI is InChI=1S/C27H26N2O3S/c1-20-10-8-17-26(21(20)2)29(33(31,32)24-14-4-3-5-15-24)19-27(30)28-18-23-13-9-12-22-11-6-7-16-25(22)23/h3-17H,18-19H2,1-2H3,(H,28,30). The molecule has 33 heavy (non-hydrogen) atoms. The van der Waals surface area contributed by atoms with Crippen molar-refractivity contribution in [2.45, 2.75) is 25.3 Å². The Balaban J connectivity index is 1.62. The Morgan fingerprint density at radius 2 is 1.48 bits per heavy atom. The molecular formula is C27H26N2O3S. The molecule has 6 heteroatoms. The summed E-state index contributed by atoms with van der Waals surface area (Å²) >= 11 is 0. The van der Waals surface area contributed by atoms with Gasteiger partial charge in [0.15, 0.2) is 0 Å². The Bertz CT molecular complexity index is 1390. The molecule has 0 saturated heterocycles. The van der Waals surface area contributed by atoms with Gasteiger partial charge in [-0.25, -0.2) is 8.42 Å². The zero-order valence-corrected chi connectivity index (χ0v) is 19.5. The third kappa shape index (κ3) is 4.76. The Kier molecular flexibility index (Phi) is 6.47. The molecule has 0 bridgehead atoms. The number of hydrogen-bond acceptors (Lipinski definition) is 3. The Morgan fingerprint density at radius 1 is 0.818 bits per heavy atom. The number of hydrogen-bond donors (Lipinski definition) is 1. The maximum absolute atomic E-state index is 13.5. The van der Waals surface area contributed by atoms with Gasteiger partial charge in [0, 0.05) is 6.54 Å². The Labute approximate surface area is 194 Å². The first-order valence-corrected chi connectivity index (χ1v) is 12.2. The quantitative estimate of drug-likeness (QED) is 0.425. The topological polar surface area (TPSA) is 66.5 Å². The predicted octanol–water partition coefficient (Wildman–Crippen LogP) is 4.97. The monoisotopic (exact) mass is 458 g/mol. The average Bonchev–Trinajstić information content (AvgIpc) is 2.83. The summed E-state index contributed by atoms with van der Waals surface area (Å²) in [7, 11) is -3.93. The Morgan fingerprint density at radius 3 is 2.27 bits per heavy atom. The number of benzene rings is 4. The van der Waals surface area contributed by atoms with Crippen molar-refractivity contribution in [1.82, 2.24) is 5.32 Å². The second kappa shape index (κ2) is 9.46. The molecule has 0 atom stereocenters. The van der Waals surface area contributed by atoms with Crippen molar-refractivity contribution in [2.75, 3.05) is 10.8 Å². The number of sulfonamides is 1. The van der Waals surface area contributed by atoms with Crippen molar-refractivity contribution in [2.24, 2.45) is 0 Å². The molecule has 0 heterocycles. The molecule has 0 spiro atoms. The number of aryl methyl sites for hydroxylation is 1. The average molecular weight is 459 g/mol. The van der Waals surface area contributed by atoms with Gasteiger partial charge < -0.3 is 5.32 Å². The molecule has 0 saturated carbocycles. The maximum atomic E-state index is 13.5. The van der Waals surface area contributed by atoms with Crippen LogP contribution in [0.15, 0.2) is 95.9 Å². The van der Waals surface area contributed by atoms with Crippen molar-refractivity contribution >= 4 is 32.4 Å². The van der Waals surface area contributed by atoms with E-state index in [-0.39, 0.29) is 17.3 Å².